The topological polar surface area (TPSA) is 125 Å². The highest BCUT2D eigenvalue weighted by molar-refractivity contribution is 7.98. The number of nitrogens with zero attached hydrogens (tertiary/aromatic N) is 2. The number of aryl methyl sites for hydroxylation is 1. The maximum atomic E-state index is 12.5. The number of hydrogen-bond acceptors (Lipinski definition) is 6. The predicted octanol–water partition coefficient (Wildman–Crippen LogP) is 2.34. The number of pyridine rings is 1. The molecule has 3 aromatic rings. The minimum absolute atomic E-state index is 0.0263. The number of aliphatic carboxylic acids is 1. The second-order valence-corrected chi connectivity index (χ2v) is 9.29. The van der Waals surface area contributed by atoms with Crippen LogP contribution in [-0.2, 0) is 21.2 Å². The van der Waals surface area contributed by atoms with Crippen LogP contribution in [0.5, 0.6) is 0 Å². The Hall–Kier alpha value is -2.43. The number of rotatable bonds is 9. The standard InChI is InChI=1S/C19H22N4O4S2/c1-12-21-15-7-9-20-17(18(15)22-12)11-13-3-5-14(6-4-13)29(26,27)23-16(19(24)25)8-10-28-2/h3-7,9,16,23H,8,10-11H2,1-2H3,(H,21,22)(H,24,25)/t16-/m0/s1. The molecule has 3 N–H and O–H groups in total. The van der Waals surface area contributed by atoms with Gasteiger partial charge in [-0.3, -0.25) is 9.78 Å². The van der Waals surface area contributed by atoms with E-state index in [1.165, 1.54) is 23.9 Å². The molecule has 0 bridgehead atoms. The van der Waals surface area contributed by atoms with Gasteiger partial charge in [-0.25, -0.2) is 13.4 Å². The van der Waals surface area contributed by atoms with Crippen molar-refractivity contribution in [2.45, 2.75) is 30.7 Å². The van der Waals surface area contributed by atoms with Gasteiger partial charge in [0.05, 0.1) is 16.1 Å². The minimum Gasteiger partial charge on any atom is -0.480 e. The van der Waals surface area contributed by atoms with Crippen LogP contribution < -0.4 is 4.72 Å². The van der Waals surface area contributed by atoms with E-state index in [2.05, 4.69) is 19.7 Å². The second kappa shape index (κ2) is 8.93. The Morgan fingerprint density at radius 3 is 2.66 bits per heavy atom. The smallest absolute Gasteiger partial charge is 0.321 e. The van der Waals surface area contributed by atoms with Crippen LogP contribution in [0.2, 0.25) is 0 Å². The number of nitrogens with one attached hydrogen (secondary N) is 2. The number of hydrogen-bond donors (Lipinski definition) is 3. The fourth-order valence-electron chi connectivity index (χ4n) is 2.95. The van der Waals surface area contributed by atoms with E-state index >= 15 is 0 Å². The Morgan fingerprint density at radius 1 is 1.28 bits per heavy atom. The number of thioether (sulfide) groups is 1. The Balaban J connectivity index is 1.77. The van der Waals surface area contributed by atoms with E-state index in [1.54, 1.807) is 18.3 Å². The van der Waals surface area contributed by atoms with Crippen LogP contribution in [0, 0.1) is 6.92 Å². The summed E-state index contributed by atoms with van der Waals surface area (Å²) in [5.74, 6) is 0.160. The molecule has 1 aromatic carbocycles. The molecule has 1 atom stereocenters. The average Bonchev–Trinajstić information content (AvgIpc) is 3.06. The first-order chi connectivity index (χ1) is 13.8. The van der Waals surface area contributed by atoms with E-state index in [4.69, 9.17) is 0 Å². The van der Waals surface area contributed by atoms with E-state index in [9.17, 15) is 18.3 Å². The summed E-state index contributed by atoms with van der Waals surface area (Å²) < 4.78 is 27.4. The number of H-pyrrole nitrogens is 1. The van der Waals surface area contributed by atoms with Crippen molar-refractivity contribution in [1.29, 1.82) is 0 Å². The number of carbonyl (C=O) groups is 1. The normalized spacial score (nSPS) is 12.9. The Kier molecular flexibility index (Phi) is 6.56. The van der Waals surface area contributed by atoms with Crippen LogP contribution in [0.4, 0.5) is 0 Å². The first-order valence-corrected chi connectivity index (χ1v) is 11.8. The lowest BCUT2D eigenvalue weighted by Crippen LogP contribution is -2.41. The monoisotopic (exact) mass is 434 g/mol. The van der Waals surface area contributed by atoms with Gasteiger partial charge in [0, 0.05) is 12.6 Å². The quantitative estimate of drug-likeness (QED) is 0.472. The number of benzene rings is 1. The van der Waals surface area contributed by atoms with Gasteiger partial charge in [0.1, 0.15) is 17.4 Å². The van der Waals surface area contributed by atoms with Crippen LogP contribution in [0.1, 0.15) is 23.5 Å². The summed E-state index contributed by atoms with van der Waals surface area (Å²) >= 11 is 1.46. The van der Waals surface area contributed by atoms with Crippen LogP contribution >= 0.6 is 11.8 Å². The van der Waals surface area contributed by atoms with Crippen LogP contribution in [0.25, 0.3) is 11.0 Å². The molecule has 0 saturated heterocycles. The van der Waals surface area contributed by atoms with Crippen molar-refractivity contribution in [2.75, 3.05) is 12.0 Å². The van der Waals surface area contributed by atoms with Crippen molar-refractivity contribution in [1.82, 2.24) is 19.7 Å². The number of imidazole rings is 1. The fourth-order valence-corrected chi connectivity index (χ4v) is 4.64. The Labute approximate surface area is 173 Å². The zero-order valence-corrected chi connectivity index (χ0v) is 17.7. The van der Waals surface area contributed by atoms with E-state index in [-0.39, 0.29) is 11.3 Å². The molecule has 3 rings (SSSR count). The van der Waals surface area contributed by atoms with Crippen molar-refractivity contribution in [2.24, 2.45) is 0 Å². The highest BCUT2D eigenvalue weighted by atomic mass is 32.2. The third-order valence-corrected chi connectivity index (χ3v) is 6.54. The molecule has 0 amide bonds. The lowest BCUT2D eigenvalue weighted by Gasteiger charge is -2.14. The van der Waals surface area contributed by atoms with Gasteiger partial charge >= 0.3 is 5.97 Å². The van der Waals surface area contributed by atoms with E-state index in [0.717, 1.165) is 28.1 Å². The molecule has 0 spiro atoms. The molecule has 0 aliphatic carbocycles. The highest BCUT2D eigenvalue weighted by Crippen LogP contribution is 2.19. The molecule has 0 unspecified atom stereocenters. The van der Waals surface area contributed by atoms with Gasteiger partial charge in [-0.1, -0.05) is 12.1 Å². The molecule has 0 radical (unpaired) electrons. The minimum atomic E-state index is -3.93. The molecule has 0 saturated carbocycles. The fraction of sp³-hybridized carbons (Fsp3) is 0.316. The van der Waals surface area contributed by atoms with Gasteiger partial charge < -0.3 is 10.1 Å². The third-order valence-electron chi connectivity index (χ3n) is 4.41. The van der Waals surface area contributed by atoms with Gasteiger partial charge in [-0.15, -0.1) is 0 Å². The molecular weight excluding hydrogens is 412 g/mol. The van der Waals surface area contributed by atoms with Crippen LogP contribution in [0.15, 0.2) is 41.4 Å². The van der Waals surface area contributed by atoms with Crippen LogP contribution in [-0.4, -0.2) is 52.5 Å². The molecule has 154 valence electrons. The van der Waals surface area contributed by atoms with Crippen molar-refractivity contribution in [3.63, 3.8) is 0 Å². The van der Waals surface area contributed by atoms with Crippen molar-refractivity contribution in [3.8, 4) is 0 Å². The molecule has 0 fully saturated rings. The summed E-state index contributed by atoms with van der Waals surface area (Å²) in [4.78, 5) is 23.4. The average molecular weight is 435 g/mol. The van der Waals surface area contributed by atoms with Gasteiger partial charge in [0.15, 0.2) is 0 Å². The molecule has 10 heteroatoms. The second-order valence-electron chi connectivity index (χ2n) is 6.59. The molecule has 8 nitrogen and oxygen atoms in total. The lowest BCUT2D eigenvalue weighted by atomic mass is 10.1. The van der Waals surface area contributed by atoms with E-state index in [1.807, 2.05) is 19.2 Å². The number of aromatic amines is 1. The zero-order valence-electron chi connectivity index (χ0n) is 16.0. The van der Waals surface area contributed by atoms with Gasteiger partial charge in [-0.2, -0.15) is 16.5 Å². The maximum absolute atomic E-state index is 12.5. The largest absolute Gasteiger partial charge is 0.480 e. The van der Waals surface area contributed by atoms with E-state index < -0.39 is 22.0 Å². The van der Waals surface area contributed by atoms with Crippen molar-refractivity contribution < 1.29 is 18.3 Å². The van der Waals surface area contributed by atoms with E-state index in [0.29, 0.717) is 12.2 Å². The van der Waals surface area contributed by atoms with Gasteiger partial charge in [0.2, 0.25) is 10.0 Å². The number of aromatic nitrogens is 3. The zero-order chi connectivity index (χ0) is 21.0. The summed E-state index contributed by atoms with van der Waals surface area (Å²) in [7, 11) is -3.93. The molecular formula is C19H22N4O4S2. The molecule has 0 aliphatic rings. The summed E-state index contributed by atoms with van der Waals surface area (Å²) in [5.41, 5.74) is 3.37. The number of sulfonamides is 1. The predicted molar refractivity (Wildman–Crippen MR) is 113 cm³/mol. The summed E-state index contributed by atoms with van der Waals surface area (Å²) in [6.45, 7) is 1.88. The summed E-state index contributed by atoms with van der Waals surface area (Å²) in [6, 6.07) is 7.05. The highest BCUT2D eigenvalue weighted by Gasteiger charge is 2.25. The van der Waals surface area contributed by atoms with Crippen molar-refractivity contribution in [3.05, 3.63) is 53.6 Å². The number of fused-ring (bicyclic) bond motifs is 1. The van der Waals surface area contributed by atoms with Gasteiger partial charge in [-0.05, 0) is 49.1 Å². The molecule has 2 heterocycles. The Morgan fingerprint density at radius 2 is 2.00 bits per heavy atom. The lowest BCUT2D eigenvalue weighted by molar-refractivity contribution is -0.139. The van der Waals surface area contributed by atoms with Crippen LogP contribution in [0.3, 0.4) is 0 Å². The summed E-state index contributed by atoms with van der Waals surface area (Å²) in [6.07, 6.45) is 4.26. The third kappa shape index (κ3) is 5.14. The number of carboxylic acids is 1. The first-order valence-electron chi connectivity index (χ1n) is 8.93. The van der Waals surface area contributed by atoms with Gasteiger partial charge in [0.25, 0.3) is 0 Å². The molecule has 2 aromatic heterocycles. The first kappa shape index (κ1) is 21.3. The molecule has 29 heavy (non-hydrogen) atoms. The maximum Gasteiger partial charge on any atom is 0.321 e. The van der Waals surface area contributed by atoms with Crippen molar-refractivity contribution >= 4 is 38.8 Å². The Bertz CT molecular complexity index is 1110. The molecule has 0 aliphatic heterocycles. The number of carboxylic acid groups (broad SMARTS) is 1. The SMILES string of the molecule is CSCC[C@H](NS(=O)(=O)c1ccc(Cc2nccc3[nH]c(C)nc23)cc1)C(=O)O. The summed E-state index contributed by atoms with van der Waals surface area (Å²) in [5, 5.41) is 9.25.